The molecule has 0 radical (unpaired) electrons. The highest BCUT2D eigenvalue weighted by Crippen LogP contribution is 2.26. The van der Waals surface area contributed by atoms with E-state index in [9.17, 15) is 4.79 Å². The highest BCUT2D eigenvalue weighted by molar-refractivity contribution is 7.99. The van der Waals surface area contributed by atoms with E-state index in [1.54, 1.807) is 12.1 Å². The van der Waals surface area contributed by atoms with Gasteiger partial charge < -0.3 is 9.30 Å². The SMILES string of the molecule is CCn1c(SCC(=O)Oc2ccccc2)nnc1-c1ccccc1C. The van der Waals surface area contributed by atoms with E-state index in [1.807, 2.05) is 60.9 Å². The van der Waals surface area contributed by atoms with Gasteiger partial charge in [0.1, 0.15) is 5.75 Å². The maximum Gasteiger partial charge on any atom is 0.321 e. The van der Waals surface area contributed by atoms with Crippen LogP contribution in [0.25, 0.3) is 11.4 Å². The van der Waals surface area contributed by atoms with E-state index in [-0.39, 0.29) is 11.7 Å². The van der Waals surface area contributed by atoms with Gasteiger partial charge in [0.25, 0.3) is 0 Å². The van der Waals surface area contributed by atoms with Gasteiger partial charge in [0, 0.05) is 12.1 Å². The standard InChI is InChI=1S/C19H19N3O2S/c1-3-22-18(16-12-8-7-9-14(16)2)20-21-19(22)25-13-17(23)24-15-10-5-4-6-11-15/h4-12H,3,13H2,1-2H3. The molecule has 0 saturated heterocycles. The molecule has 1 heterocycles. The van der Waals surface area contributed by atoms with Crippen LogP contribution in [-0.2, 0) is 11.3 Å². The van der Waals surface area contributed by atoms with E-state index in [2.05, 4.69) is 10.2 Å². The summed E-state index contributed by atoms with van der Waals surface area (Å²) in [5.74, 6) is 1.24. The minimum absolute atomic E-state index is 0.181. The number of benzene rings is 2. The predicted octanol–water partition coefficient (Wildman–Crippen LogP) is 3.97. The van der Waals surface area contributed by atoms with Crippen LogP contribution in [0.3, 0.4) is 0 Å². The Bertz CT molecular complexity index is 862. The Kier molecular flexibility index (Phi) is 5.50. The van der Waals surface area contributed by atoms with Crippen molar-refractivity contribution in [2.45, 2.75) is 25.5 Å². The summed E-state index contributed by atoms with van der Waals surface area (Å²) in [4.78, 5) is 12.0. The van der Waals surface area contributed by atoms with E-state index >= 15 is 0 Å². The van der Waals surface area contributed by atoms with Gasteiger partial charge in [-0.1, -0.05) is 54.2 Å². The minimum Gasteiger partial charge on any atom is -0.426 e. The van der Waals surface area contributed by atoms with Crippen molar-refractivity contribution >= 4 is 17.7 Å². The van der Waals surface area contributed by atoms with Crippen LogP contribution in [0.2, 0.25) is 0 Å². The number of rotatable bonds is 6. The maximum absolute atomic E-state index is 12.0. The second-order valence-corrected chi connectivity index (χ2v) is 6.38. The summed E-state index contributed by atoms with van der Waals surface area (Å²) in [6, 6.07) is 17.1. The van der Waals surface area contributed by atoms with Crippen molar-refractivity contribution in [3.05, 3.63) is 60.2 Å². The van der Waals surface area contributed by atoms with Gasteiger partial charge in [0.2, 0.25) is 0 Å². The lowest BCUT2D eigenvalue weighted by atomic mass is 10.1. The number of esters is 1. The second kappa shape index (κ2) is 7.98. The van der Waals surface area contributed by atoms with Crippen LogP contribution in [0, 0.1) is 6.92 Å². The fourth-order valence-corrected chi connectivity index (χ4v) is 3.25. The molecule has 3 aromatic rings. The van der Waals surface area contributed by atoms with Crippen molar-refractivity contribution in [3.8, 4) is 17.1 Å². The molecule has 0 aliphatic carbocycles. The van der Waals surface area contributed by atoms with Gasteiger partial charge in [0.15, 0.2) is 11.0 Å². The smallest absolute Gasteiger partial charge is 0.321 e. The van der Waals surface area contributed by atoms with Crippen LogP contribution < -0.4 is 4.74 Å². The van der Waals surface area contributed by atoms with Crippen LogP contribution >= 0.6 is 11.8 Å². The molecule has 2 aromatic carbocycles. The third kappa shape index (κ3) is 4.09. The summed E-state index contributed by atoms with van der Waals surface area (Å²) in [5.41, 5.74) is 2.19. The van der Waals surface area contributed by atoms with Gasteiger partial charge in [-0.05, 0) is 31.5 Å². The number of para-hydroxylation sites is 1. The van der Waals surface area contributed by atoms with Crippen LogP contribution in [0.15, 0.2) is 59.8 Å². The third-order valence-electron chi connectivity index (χ3n) is 3.71. The molecule has 6 heteroatoms. The largest absolute Gasteiger partial charge is 0.426 e. The van der Waals surface area contributed by atoms with Crippen molar-refractivity contribution in [1.29, 1.82) is 0 Å². The molecule has 25 heavy (non-hydrogen) atoms. The molecule has 0 saturated carbocycles. The quantitative estimate of drug-likeness (QED) is 0.381. The fourth-order valence-electron chi connectivity index (χ4n) is 2.48. The third-order valence-corrected chi connectivity index (χ3v) is 4.65. The zero-order chi connectivity index (χ0) is 17.6. The normalized spacial score (nSPS) is 10.6. The summed E-state index contributed by atoms with van der Waals surface area (Å²) in [6.45, 7) is 4.82. The van der Waals surface area contributed by atoms with Crippen molar-refractivity contribution in [2.75, 3.05) is 5.75 Å². The average molecular weight is 353 g/mol. The molecule has 3 rings (SSSR count). The zero-order valence-electron chi connectivity index (χ0n) is 14.2. The first-order valence-electron chi connectivity index (χ1n) is 8.06. The van der Waals surface area contributed by atoms with Crippen molar-refractivity contribution in [1.82, 2.24) is 14.8 Å². The van der Waals surface area contributed by atoms with Gasteiger partial charge in [-0.3, -0.25) is 4.79 Å². The number of carbonyl (C=O) groups is 1. The van der Waals surface area contributed by atoms with E-state index in [4.69, 9.17) is 4.74 Å². The first-order chi connectivity index (χ1) is 12.2. The zero-order valence-corrected chi connectivity index (χ0v) is 15.0. The van der Waals surface area contributed by atoms with Crippen molar-refractivity contribution < 1.29 is 9.53 Å². The van der Waals surface area contributed by atoms with Crippen LogP contribution in [-0.4, -0.2) is 26.5 Å². The van der Waals surface area contributed by atoms with Crippen molar-refractivity contribution in [3.63, 3.8) is 0 Å². The summed E-state index contributed by atoms with van der Waals surface area (Å²) in [6.07, 6.45) is 0. The Morgan fingerprint density at radius 3 is 2.52 bits per heavy atom. The first kappa shape index (κ1) is 17.2. The Labute approximate surface area is 151 Å². The molecule has 0 fully saturated rings. The highest BCUT2D eigenvalue weighted by Gasteiger charge is 2.16. The number of hydrogen-bond donors (Lipinski definition) is 0. The van der Waals surface area contributed by atoms with Crippen molar-refractivity contribution in [2.24, 2.45) is 0 Å². The molecule has 0 atom stereocenters. The summed E-state index contributed by atoms with van der Waals surface area (Å²) < 4.78 is 7.32. The number of aryl methyl sites for hydroxylation is 1. The number of aromatic nitrogens is 3. The lowest BCUT2D eigenvalue weighted by Crippen LogP contribution is -2.11. The number of hydrogen-bond acceptors (Lipinski definition) is 5. The Hall–Kier alpha value is -2.60. The number of ether oxygens (including phenoxy) is 1. The molecule has 0 bridgehead atoms. The lowest BCUT2D eigenvalue weighted by molar-refractivity contribution is -0.131. The molecule has 0 aliphatic heterocycles. The highest BCUT2D eigenvalue weighted by atomic mass is 32.2. The summed E-state index contributed by atoms with van der Waals surface area (Å²) >= 11 is 1.34. The summed E-state index contributed by atoms with van der Waals surface area (Å²) in [7, 11) is 0. The van der Waals surface area contributed by atoms with Gasteiger partial charge >= 0.3 is 5.97 Å². The van der Waals surface area contributed by atoms with Gasteiger partial charge in [-0.25, -0.2) is 0 Å². The first-order valence-corrected chi connectivity index (χ1v) is 9.05. The summed E-state index contributed by atoms with van der Waals surface area (Å²) in [5, 5.41) is 9.29. The molecule has 5 nitrogen and oxygen atoms in total. The average Bonchev–Trinajstić information content (AvgIpc) is 3.04. The molecular weight excluding hydrogens is 334 g/mol. The number of carbonyl (C=O) groups excluding carboxylic acids is 1. The molecule has 0 N–H and O–H groups in total. The minimum atomic E-state index is -0.306. The molecule has 128 valence electrons. The van der Waals surface area contributed by atoms with Crippen LogP contribution in [0.1, 0.15) is 12.5 Å². The topological polar surface area (TPSA) is 57.0 Å². The Morgan fingerprint density at radius 2 is 1.80 bits per heavy atom. The lowest BCUT2D eigenvalue weighted by Gasteiger charge is -2.09. The van der Waals surface area contributed by atoms with Crippen LogP contribution in [0.4, 0.5) is 0 Å². The van der Waals surface area contributed by atoms with E-state index in [1.165, 1.54) is 11.8 Å². The molecule has 0 unspecified atom stereocenters. The van der Waals surface area contributed by atoms with Gasteiger partial charge in [0.05, 0.1) is 5.75 Å². The van der Waals surface area contributed by atoms with E-state index in [0.29, 0.717) is 10.9 Å². The monoisotopic (exact) mass is 353 g/mol. The molecule has 1 aromatic heterocycles. The molecule has 0 aliphatic rings. The number of nitrogens with zero attached hydrogens (tertiary/aromatic N) is 3. The Morgan fingerprint density at radius 1 is 1.08 bits per heavy atom. The molecule has 0 spiro atoms. The predicted molar refractivity (Wildman–Crippen MR) is 98.7 cm³/mol. The second-order valence-electron chi connectivity index (χ2n) is 5.44. The van der Waals surface area contributed by atoms with E-state index < -0.39 is 0 Å². The van der Waals surface area contributed by atoms with Gasteiger partial charge in [-0.2, -0.15) is 0 Å². The Balaban J connectivity index is 1.71. The molecule has 0 amide bonds. The maximum atomic E-state index is 12.0. The fraction of sp³-hybridized carbons (Fsp3) is 0.211. The van der Waals surface area contributed by atoms with E-state index in [0.717, 1.165) is 23.5 Å². The number of thioether (sulfide) groups is 1. The van der Waals surface area contributed by atoms with Gasteiger partial charge in [-0.15, -0.1) is 10.2 Å². The molecular formula is C19H19N3O2S. The van der Waals surface area contributed by atoms with Crippen LogP contribution in [0.5, 0.6) is 5.75 Å².